The van der Waals surface area contributed by atoms with Crippen LogP contribution in [0.2, 0.25) is 0 Å². The van der Waals surface area contributed by atoms with Gasteiger partial charge in [0, 0.05) is 12.1 Å². The van der Waals surface area contributed by atoms with E-state index in [2.05, 4.69) is 4.99 Å². The predicted molar refractivity (Wildman–Crippen MR) is 96.1 cm³/mol. The van der Waals surface area contributed by atoms with Crippen LogP contribution < -0.4 is 0 Å². The molecule has 1 amide bonds. The number of amides is 1. The van der Waals surface area contributed by atoms with Crippen molar-refractivity contribution in [2.75, 3.05) is 6.54 Å². The van der Waals surface area contributed by atoms with Gasteiger partial charge in [0.2, 0.25) is 0 Å². The van der Waals surface area contributed by atoms with Crippen molar-refractivity contribution in [1.29, 1.82) is 0 Å². The van der Waals surface area contributed by atoms with Crippen LogP contribution >= 0.6 is 0 Å². The fourth-order valence-corrected chi connectivity index (χ4v) is 2.60. The maximum absolute atomic E-state index is 12.7. The Hall–Kier alpha value is -3.21. The van der Waals surface area contributed by atoms with Crippen LogP contribution in [0.15, 0.2) is 65.3 Å². The number of nitrogens with zero attached hydrogens (tertiary/aromatic N) is 2. The molecule has 1 heterocycles. The SMILES string of the molecule is Cc1ccc(C2=N/C(=C/c3ccccc3)C(=O)N2CCC(=O)O)cc1. The van der Waals surface area contributed by atoms with Gasteiger partial charge in [0.1, 0.15) is 11.5 Å². The lowest BCUT2D eigenvalue weighted by Gasteiger charge is -2.17. The van der Waals surface area contributed by atoms with Gasteiger partial charge in [0.15, 0.2) is 0 Å². The van der Waals surface area contributed by atoms with E-state index < -0.39 is 5.97 Å². The van der Waals surface area contributed by atoms with E-state index in [9.17, 15) is 9.59 Å². The maximum Gasteiger partial charge on any atom is 0.305 e. The number of carboxylic acid groups (broad SMARTS) is 1. The highest BCUT2D eigenvalue weighted by molar-refractivity contribution is 6.19. The van der Waals surface area contributed by atoms with Crippen LogP contribution in [0.3, 0.4) is 0 Å². The third kappa shape index (κ3) is 3.83. The molecule has 5 heteroatoms. The molecule has 1 aliphatic rings. The van der Waals surface area contributed by atoms with E-state index in [1.165, 1.54) is 4.90 Å². The molecule has 2 aromatic carbocycles. The van der Waals surface area contributed by atoms with Gasteiger partial charge in [-0.2, -0.15) is 0 Å². The van der Waals surface area contributed by atoms with Crippen LogP contribution in [0, 0.1) is 6.92 Å². The lowest BCUT2D eigenvalue weighted by Crippen LogP contribution is -2.34. The number of carboxylic acids is 1. The predicted octanol–water partition coefficient (Wildman–Crippen LogP) is 3.10. The number of aliphatic imine (C=N–C) groups is 1. The Morgan fingerprint density at radius 1 is 1.12 bits per heavy atom. The Kier molecular flexibility index (Phi) is 4.75. The van der Waals surface area contributed by atoms with Crippen LogP contribution in [0.5, 0.6) is 0 Å². The second-order valence-corrected chi connectivity index (χ2v) is 5.84. The van der Waals surface area contributed by atoms with Gasteiger partial charge in [-0.1, -0.05) is 60.2 Å². The molecule has 3 rings (SSSR count). The van der Waals surface area contributed by atoms with Gasteiger partial charge in [-0.15, -0.1) is 0 Å². The van der Waals surface area contributed by atoms with E-state index in [1.807, 2.05) is 61.5 Å². The summed E-state index contributed by atoms with van der Waals surface area (Å²) >= 11 is 0. The fraction of sp³-hybridized carbons (Fsp3) is 0.150. The molecule has 126 valence electrons. The molecule has 1 N–H and O–H groups in total. The molecule has 1 aliphatic heterocycles. The van der Waals surface area contributed by atoms with Crippen LogP contribution in [-0.2, 0) is 9.59 Å². The van der Waals surface area contributed by atoms with Crippen LogP contribution in [0.4, 0.5) is 0 Å². The Labute approximate surface area is 145 Å². The van der Waals surface area contributed by atoms with Crippen molar-refractivity contribution < 1.29 is 14.7 Å². The number of rotatable bonds is 5. The second kappa shape index (κ2) is 7.13. The molecule has 0 saturated carbocycles. The number of hydrogen-bond donors (Lipinski definition) is 1. The lowest BCUT2D eigenvalue weighted by molar-refractivity contribution is -0.137. The van der Waals surface area contributed by atoms with Crippen molar-refractivity contribution in [3.05, 3.63) is 77.0 Å². The van der Waals surface area contributed by atoms with Crippen molar-refractivity contribution >= 4 is 23.8 Å². The van der Waals surface area contributed by atoms with Gasteiger partial charge in [-0.3, -0.25) is 14.5 Å². The number of carbonyl (C=O) groups excluding carboxylic acids is 1. The second-order valence-electron chi connectivity index (χ2n) is 5.84. The molecule has 0 radical (unpaired) electrons. The summed E-state index contributed by atoms with van der Waals surface area (Å²) in [5.41, 5.74) is 3.08. The van der Waals surface area contributed by atoms with E-state index in [1.54, 1.807) is 6.08 Å². The van der Waals surface area contributed by atoms with Gasteiger partial charge in [-0.25, -0.2) is 4.99 Å². The van der Waals surface area contributed by atoms with Crippen LogP contribution in [0.1, 0.15) is 23.1 Å². The quantitative estimate of drug-likeness (QED) is 0.854. The van der Waals surface area contributed by atoms with Crippen molar-refractivity contribution in [3.8, 4) is 0 Å². The molecule has 25 heavy (non-hydrogen) atoms. The van der Waals surface area contributed by atoms with E-state index in [4.69, 9.17) is 5.11 Å². The van der Waals surface area contributed by atoms with E-state index in [0.717, 1.165) is 16.7 Å². The molecule has 0 unspecified atom stereocenters. The molecular weight excluding hydrogens is 316 g/mol. The molecule has 0 spiro atoms. The number of hydrogen-bond acceptors (Lipinski definition) is 3. The third-order valence-corrected chi connectivity index (χ3v) is 3.91. The highest BCUT2D eigenvalue weighted by Gasteiger charge is 2.31. The lowest BCUT2D eigenvalue weighted by atomic mass is 10.1. The van der Waals surface area contributed by atoms with E-state index >= 15 is 0 Å². The summed E-state index contributed by atoms with van der Waals surface area (Å²) in [5.74, 6) is -0.731. The number of carbonyl (C=O) groups is 2. The first-order valence-corrected chi connectivity index (χ1v) is 8.01. The number of aryl methyl sites for hydroxylation is 1. The Morgan fingerprint density at radius 3 is 2.44 bits per heavy atom. The van der Waals surface area contributed by atoms with Gasteiger partial charge < -0.3 is 5.11 Å². The van der Waals surface area contributed by atoms with Crippen molar-refractivity contribution in [2.45, 2.75) is 13.3 Å². The van der Waals surface area contributed by atoms with Crippen LogP contribution in [-0.4, -0.2) is 34.3 Å². The topological polar surface area (TPSA) is 70.0 Å². The molecule has 0 saturated heterocycles. The summed E-state index contributed by atoms with van der Waals surface area (Å²) in [5, 5.41) is 8.96. The maximum atomic E-state index is 12.7. The van der Waals surface area contributed by atoms with Crippen molar-refractivity contribution in [2.24, 2.45) is 4.99 Å². The average molecular weight is 334 g/mol. The largest absolute Gasteiger partial charge is 0.481 e. The minimum absolute atomic E-state index is 0.0903. The molecule has 0 fully saturated rings. The first-order chi connectivity index (χ1) is 12.0. The Balaban J connectivity index is 1.98. The normalized spacial score (nSPS) is 15.6. The fourth-order valence-electron chi connectivity index (χ4n) is 2.60. The standard InChI is InChI=1S/C20H18N2O3/c1-14-7-9-16(10-8-14)19-21-17(13-15-5-3-2-4-6-15)20(25)22(19)12-11-18(23)24/h2-10,13H,11-12H2,1H3,(H,23,24)/b17-13+. The van der Waals surface area contributed by atoms with Gasteiger partial charge in [-0.05, 0) is 18.6 Å². The number of amidine groups is 1. The average Bonchev–Trinajstić information content (AvgIpc) is 2.90. The zero-order chi connectivity index (χ0) is 17.8. The summed E-state index contributed by atoms with van der Waals surface area (Å²) in [6, 6.07) is 17.1. The first kappa shape index (κ1) is 16.6. The Morgan fingerprint density at radius 2 is 1.80 bits per heavy atom. The molecule has 2 aromatic rings. The zero-order valence-electron chi connectivity index (χ0n) is 13.8. The summed E-state index contributed by atoms with van der Waals surface area (Å²) < 4.78 is 0. The molecule has 0 aliphatic carbocycles. The summed E-state index contributed by atoms with van der Waals surface area (Å²) in [6.07, 6.45) is 1.59. The van der Waals surface area contributed by atoms with Crippen molar-refractivity contribution in [3.63, 3.8) is 0 Å². The summed E-state index contributed by atoms with van der Waals surface area (Å²) in [4.78, 5) is 29.6. The highest BCUT2D eigenvalue weighted by Crippen LogP contribution is 2.22. The monoisotopic (exact) mass is 334 g/mol. The minimum Gasteiger partial charge on any atom is -0.481 e. The van der Waals surface area contributed by atoms with Crippen molar-refractivity contribution in [1.82, 2.24) is 4.90 Å². The van der Waals surface area contributed by atoms with E-state index in [-0.39, 0.29) is 18.9 Å². The smallest absolute Gasteiger partial charge is 0.305 e. The summed E-state index contributed by atoms with van der Waals surface area (Å²) in [6.45, 7) is 2.07. The molecular formula is C20H18N2O3. The first-order valence-electron chi connectivity index (χ1n) is 8.01. The van der Waals surface area contributed by atoms with E-state index in [0.29, 0.717) is 11.5 Å². The number of benzene rings is 2. The zero-order valence-corrected chi connectivity index (χ0v) is 13.8. The van der Waals surface area contributed by atoms with Gasteiger partial charge in [0.25, 0.3) is 5.91 Å². The third-order valence-electron chi connectivity index (χ3n) is 3.91. The van der Waals surface area contributed by atoms with Gasteiger partial charge >= 0.3 is 5.97 Å². The Bertz CT molecular complexity index is 852. The highest BCUT2D eigenvalue weighted by atomic mass is 16.4. The molecule has 5 nitrogen and oxygen atoms in total. The molecule has 0 aromatic heterocycles. The van der Waals surface area contributed by atoms with Crippen LogP contribution in [0.25, 0.3) is 6.08 Å². The number of aliphatic carboxylic acids is 1. The summed E-state index contributed by atoms with van der Waals surface area (Å²) in [7, 11) is 0. The molecule has 0 atom stereocenters. The van der Waals surface area contributed by atoms with Gasteiger partial charge in [0.05, 0.1) is 6.42 Å². The minimum atomic E-state index is -0.948. The molecule has 0 bridgehead atoms.